The van der Waals surface area contributed by atoms with Gasteiger partial charge in [-0.05, 0) is 24.3 Å². The summed E-state index contributed by atoms with van der Waals surface area (Å²) in [6.45, 7) is 0. The Bertz CT molecular complexity index is 785. The molecule has 0 aliphatic carbocycles. The standard InChI is InChI=1S/C15H10F2N2O/c16-10-6-7-11(18)15(13(10)17)20-12-5-1-3-9-4-2-8-19-14(9)12/h1-8H,18H2. The van der Waals surface area contributed by atoms with Gasteiger partial charge in [0.05, 0.1) is 5.69 Å². The fraction of sp³-hybridized carbons (Fsp3) is 0. The van der Waals surface area contributed by atoms with E-state index in [0.29, 0.717) is 11.3 Å². The number of halogens is 2. The third-order valence-corrected chi connectivity index (χ3v) is 2.89. The van der Waals surface area contributed by atoms with E-state index in [1.165, 1.54) is 6.07 Å². The van der Waals surface area contributed by atoms with Crippen LogP contribution in [0.2, 0.25) is 0 Å². The Kier molecular flexibility index (Phi) is 2.95. The topological polar surface area (TPSA) is 48.1 Å². The average Bonchev–Trinajstić information content (AvgIpc) is 2.48. The summed E-state index contributed by atoms with van der Waals surface area (Å²) in [5, 5.41) is 0.834. The zero-order chi connectivity index (χ0) is 14.1. The first-order chi connectivity index (χ1) is 9.66. The van der Waals surface area contributed by atoms with Crippen molar-refractivity contribution in [1.82, 2.24) is 4.98 Å². The van der Waals surface area contributed by atoms with Crippen molar-refractivity contribution < 1.29 is 13.5 Å². The Hall–Kier alpha value is -2.69. The molecule has 3 nitrogen and oxygen atoms in total. The number of hydrogen-bond acceptors (Lipinski definition) is 3. The molecule has 0 radical (unpaired) electrons. The monoisotopic (exact) mass is 272 g/mol. The third-order valence-electron chi connectivity index (χ3n) is 2.89. The van der Waals surface area contributed by atoms with Gasteiger partial charge >= 0.3 is 0 Å². The van der Waals surface area contributed by atoms with Gasteiger partial charge in [-0.15, -0.1) is 0 Å². The van der Waals surface area contributed by atoms with E-state index in [1.807, 2.05) is 12.1 Å². The predicted molar refractivity (Wildman–Crippen MR) is 72.6 cm³/mol. The molecule has 0 spiro atoms. The highest BCUT2D eigenvalue weighted by atomic mass is 19.2. The van der Waals surface area contributed by atoms with Crippen LogP contribution >= 0.6 is 0 Å². The smallest absolute Gasteiger partial charge is 0.203 e. The lowest BCUT2D eigenvalue weighted by Gasteiger charge is -2.11. The molecule has 1 heterocycles. The number of hydrogen-bond donors (Lipinski definition) is 1. The Labute approximate surface area is 113 Å². The van der Waals surface area contributed by atoms with Crippen molar-refractivity contribution in [3.05, 3.63) is 60.3 Å². The maximum atomic E-state index is 13.7. The summed E-state index contributed by atoms with van der Waals surface area (Å²) >= 11 is 0. The second kappa shape index (κ2) is 4.77. The lowest BCUT2D eigenvalue weighted by Crippen LogP contribution is -1.98. The molecule has 20 heavy (non-hydrogen) atoms. The molecular formula is C15H10F2N2O. The number of pyridine rings is 1. The van der Waals surface area contributed by atoms with Crippen LogP contribution in [0.1, 0.15) is 0 Å². The molecule has 5 heteroatoms. The molecule has 0 fully saturated rings. The Balaban J connectivity index is 2.13. The lowest BCUT2D eigenvalue weighted by molar-refractivity contribution is 0.420. The van der Waals surface area contributed by atoms with Gasteiger partial charge in [0.1, 0.15) is 5.52 Å². The summed E-state index contributed by atoms with van der Waals surface area (Å²) < 4.78 is 32.4. The highest BCUT2D eigenvalue weighted by Crippen LogP contribution is 2.34. The van der Waals surface area contributed by atoms with Gasteiger partial charge in [-0.2, -0.15) is 4.39 Å². The van der Waals surface area contributed by atoms with Gasteiger partial charge in [0.2, 0.25) is 5.82 Å². The van der Waals surface area contributed by atoms with Gasteiger partial charge < -0.3 is 10.5 Å². The summed E-state index contributed by atoms with van der Waals surface area (Å²) in [5.74, 6) is -2.14. The first-order valence-corrected chi connectivity index (χ1v) is 5.92. The first-order valence-electron chi connectivity index (χ1n) is 5.92. The summed E-state index contributed by atoms with van der Waals surface area (Å²) in [5.41, 5.74) is 6.21. The van der Waals surface area contributed by atoms with E-state index in [1.54, 1.807) is 24.4 Å². The quantitative estimate of drug-likeness (QED) is 0.720. The van der Waals surface area contributed by atoms with E-state index < -0.39 is 11.6 Å². The van der Waals surface area contributed by atoms with E-state index in [4.69, 9.17) is 10.5 Å². The number of para-hydroxylation sites is 1. The molecule has 0 amide bonds. The average molecular weight is 272 g/mol. The van der Waals surface area contributed by atoms with Crippen LogP contribution in [0.5, 0.6) is 11.5 Å². The van der Waals surface area contributed by atoms with E-state index in [9.17, 15) is 8.78 Å². The molecule has 0 atom stereocenters. The number of anilines is 1. The number of benzene rings is 2. The van der Waals surface area contributed by atoms with E-state index in [2.05, 4.69) is 4.98 Å². The van der Waals surface area contributed by atoms with Crippen LogP contribution in [0.3, 0.4) is 0 Å². The molecule has 1 aromatic heterocycles. The maximum Gasteiger partial charge on any atom is 0.203 e. The molecule has 100 valence electrons. The maximum absolute atomic E-state index is 13.7. The zero-order valence-corrected chi connectivity index (χ0v) is 10.3. The van der Waals surface area contributed by atoms with Gasteiger partial charge in [0.15, 0.2) is 17.3 Å². The molecule has 0 aliphatic rings. The number of nitrogens with zero attached hydrogens (tertiary/aromatic N) is 1. The molecule has 3 rings (SSSR count). The van der Waals surface area contributed by atoms with Crippen LogP contribution in [0.25, 0.3) is 10.9 Å². The predicted octanol–water partition coefficient (Wildman–Crippen LogP) is 3.89. The van der Waals surface area contributed by atoms with Gasteiger partial charge in [0, 0.05) is 11.6 Å². The van der Waals surface area contributed by atoms with Gasteiger partial charge in [-0.1, -0.05) is 18.2 Å². The summed E-state index contributed by atoms with van der Waals surface area (Å²) in [6.07, 6.45) is 1.60. The number of fused-ring (bicyclic) bond motifs is 1. The van der Waals surface area contributed by atoms with Crippen molar-refractivity contribution in [3.8, 4) is 11.5 Å². The molecule has 0 aliphatic heterocycles. The lowest BCUT2D eigenvalue weighted by atomic mass is 10.2. The number of nitrogen functional groups attached to an aromatic ring is 1. The van der Waals surface area contributed by atoms with Crippen molar-refractivity contribution >= 4 is 16.6 Å². The molecule has 2 N–H and O–H groups in total. The minimum atomic E-state index is -1.11. The van der Waals surface area contributed by atoms with Crippen LogP contribution in [0.15, 0.2) is 48.7 Å². The highest BCUT2D eigenvalue weighted by Gasteiger charge is 2.15. The number of rotatable bonds is 2. The molecule has 3 aromatic rings. The molecule has 0 bridgehead atoms. The Morgan fingerprint density at radius 1 is 1.00 bits per heavy atom. The molecule has 0 saturated carbocycles. The number of nitrogens with two attached hydrogens (primary N) is 1. The largest absolute Gasteiger partial charge is 0.450 e. The van der Waals surface area contributed by atoms with Crippen molar-refractivity contribution in [2.24, 2.45) is 0 Å². The van der Waals surface area contributed by atoms with Crippen molar-refractivity contribution in [2.45, 2.75) is 0 Å². The Morgan fingerprint density at radius 3 is 2.65 bits per heavy atom. The number of ether oxygens (including phenoxy) is 1. The van der Waals surface area contributed by atoms with Crippen LogP contribution < -0.4 is 10.5 Å². The minimum Gasteiger partial charge on any atom is -0.450 e. The third kappa shape index (κ3) is 2.03. The highest BCUT2D eigenvalue weighted by molar-refractivity contribution is 5.84. The van der Waals surface area contributed by atoms with Gasteiger partial charge in [0.25, 0.3) is 0 Å². The Morgan fingerprint density at radius 2 is 1.80 bits per heavy atom. The summed E-state index contributed by atoms with van der Waals surface area (Å²) in [7, 11) is 0. The SMILES string of the molecule is Nc1ccc(F)c(F)c1Oc1cccc2cccnc12. The van der Waals surface area contributed by atoms with Crippen molar-refractivity contribution in [2.75, 3.05) is 5.73 Å². The van der Waals surface area contributed by atoms with Crippen LogP contribution in [0, 0.1) is 11.6 Å². The van der Waals surface area contributed by atoms with Gasteiger partial charge in [-0.3, -0.25) is 4.98 Å². The van der Waals surface area contributed by atoms with Crippen LogP contribution in [-0.4, -0.2) is 4.98 Å². The first kappa shape index (κ1) is 12.3. The number of aromatic nitrogens is 1. The molecule has 2 aromatic carbocycles. The van der Waals surface area contributed by atoms with Crippen molar-refractivity contribution in [3.63, 3.8) is 0 Å². The molecular weight excluding hydrogens is 262 g/mol. The zero-order valence-electron chi connectivity index (χ0n) is 10.3. The molecule has 0 saturated heterocycles. The normalized spacial score (nSPS) is 10.7. The van der Waals surface area contributed by atoms with Crippen LogP contribution in [0.4, 0.5) is 14.5 Å². The summed E-state index contributed by atoms with van der Waals surface area (Å²) in [4.78, 5) is 4.18. The van der Waals surface area contributed by atoms with E-state index in [-0.39, 0.29) is 11.4 Å². The van der Waals surface area contributed by atoms with Crippen molar-refractivity contribution in [1.29, 1.82) is 0 Å². The van der Waals surface area contributed by atoms with E-state index >= 15 is 0 Å². The second-order valence-electron chi connectivity index (χ2n) is 4.21. The van der Waals surface area contributed by atoms with E-state index in [0.717, 1.165) is 11.5 Å². The fourth-order valence-corrected chi connectivity index (χ4v) is 1.92. The van der Waals surface area contributed by atoms with Gasteiger partial charge in [-0.25, -0.2) is 4.39 Å². The fourth-order valence-electron chi connectivity index (χ4n) is 1.92. The molecule has 0 unspecified atom stereocenters. The summed E-state index contributed by atoms with van der Waals surface area (Å²) in [6, 6.07) is 11.1. The van der Waals surface area contributed by atoms with Crippen LogP contribution in [-0.2, 0) is 0 Å². The second-order valence-corrected chi connectivity index (χ2v) is 4.21. The minimum absolute atomic E-state index is 0.0248.